The zero-order valence-corrected chi connectivity index (χ0v) is 8.39. The van der Waals surface area contributed by atoms with Crippen LogP contribution in [0.4, 0.5) is 8.78 Å². The van der Waals surface area contributed by atoms with Gasteiger partial charge < -0.3 is 10.6 Å². The Kier molecular flexibility index (Phi) is 3.28. The van der Waals surface area contributed by atoms with Crippen LogP contribution in [0.5, 0.6) is 0 Å². The molecule has 1 fully saturated rings. The molecule has 1 aromatic rings. The van der Waals surface area contributed by atoms with Crippen molar-refractivity contribution in [1.82, 2.24) is 10.6 Å². The second kappa shape index (κ2) is 4.68. The van der Waals surface area contributed by atoms with Gasteiger partial charge in [0.2, 0.25) is 0 Å². The fourth-order valence-electron chi connectivity index (χ4n) is 1.80. The Balaban J connectivity index is 1.92. The van der Waals surface area contributed by atoms with E-state index in [-0.39, 0.29) is 0 Å². The Hall–Kier alpha value is -1.00. The fraction of sp³-hybridized carbons (Fsp3) is 0.455. The first-order chi connectivity index (χ1) is 7.24. The van der Waals surface area contributed by atoms with Crippen molar-refractivity contribution in [2.24, 2.45) is 0 Å². The van der Waals surface area contributed by atoms with E-state index < -0.39 is 11.6 Å². The molecule has 0 radical (unpaired) electrons. The molecule has 82 valence electrons. The second-order valence-corrected chi connectivity index (χ2v) is 3.85. The van der Waals surface area contributed by atoms with Crippen molar-refractivity contribution in [2.45, 2.75) is 19.0 Å². The molecule has 1 aromatic carbocycles. The first kappa shape index (κ1) is 10.5. The molecule has 0 saturated carbocycles. The van der Waals surface area contributed by atoms with Gasteiger partial charge in [-0.15, -0.1) is 0 Å². The monoisotopic (exact) mass is 212 g/mol. The summed E-state index contributed by atoms with van der Waals surface area (Å²) in [7, 11) is 0. The van der Waals surface area contributed by atoms with Gasteiger partial charge in [0.25, 0.3) is 0 Å². The molecule has 15 heavy (non-hydrogen) atoms. The SMILES string of the molecule is Fc1cc(F)cc(CNC2CCNC2)c1. The Morgan fingerprint density at radius 1 is 1.27 bits per heavy atom. The third kappa shape index (κ3) is 2.97. The summed E-state index contributed by atoms with van der Waals surface area (Å²) in [5.74, 6) is -1.03. The highest BCUT2D eigenvalue weighted by molar-refractivity contribution is 5.17. The van der Waals surface area contributed by atoms with E-state index in [0.717, 1.165) is 25.6 Å². The van der Waals surface area contributed by atoms with Crippen LogP contribution in [0.3, 0.4) is 0 Å². The molecule has 0 bridgehead atoms. The maximum absolute atomic E-state index is 12.8. The van der Waals surface area contributed by atoms with Gasteiger partial charge in [0.05, 0.1) is 0 Å². The van der Waals surface area contributed by atoms with Crippen LogP contribution in [0.15, 0.2) is 18.2 Å². The first-order valence-electron chi connectivity index (χ1n) is 5.13. The minimum Gasteiger partial charge on any atom is -0.315 e. The van der Waals surface area contributed by atoms with Gasteiger partial charge in [-0.2, -0.15) is 0 Å². The van der Waals surface area contributed by atoms with Gasteiger partial charge >= 0.3 is 0 Å². The van der Waals surface area contributed by atoms with Crippen LogP contribution in [0, 0.1) is 11.6 Å². The molecule has 2 nitrogen and oxygen atoms in total. The first-order valence-corrected chi connectivity index (χ1v) is 5.13. The average molecular weight is 212 g/mol. The molecule has 1 aliphatic rings. The molecule has 2 N–H and O–H groups in total. The van der Waals surface area contributed by atoms with E-state index in [1.165, 1.54) is 12.1 Å². The van der Waals surface area contributed by atoms with E-state index >= 15 is 0 Å². The molecule has 1 saturated heterocycles. The van der Waals surface area contributed by atoms with Gasteiger partial charge in [-0.05, 0) is 30.7 Å². The van der Waals surface area contributed by atoms with Crippen LogP contribution in [0.1, 0.15) is 12.0 Å². The van der Waals surface area contributed by atoms with Gasteiger partial charge in [-0.3, -0.25) is 0 Å². The predicted octanol–water partition coefficient (Wildman–Crippen LogP) is 1.42. The average Bonchev–Trinajstić information content (AvgIpc) is 2.65. The van der Waals surface area contributed by atoms with Crippen LogP contribution in [-0.2, 0) is 6.54 Å². The summed E-state index contributed by atoms with van der Waals surface area (Å²) in [6, 6.07) is 4.02. The molecule has 4 heteroatoms. The molecule has 0 aliphatic carbocycles. The predicted molar refractivity (Wildman–Crippen MR) is 54.5 cm³/mol. The van der Waals surface area contributed by atoms with Crippen molar-refractivity contribution < 1.29 is 8.78 Å². The number of nitrogens with one attached hydrogen (secondary N) is 2. The van der Waals surface area contributed by atoms with Crippen molar-refractivity contribution in [1.29, 1.82) is 0 Å². The highest BCUT2D eigenvalue weighted by Gasteiger charge is 2.13. The molecule has 0 aromatic heterocycles. The van der Waals surface area contributed by atoms with Crippen molar-refractivity contribution >= 4 is 0 Å². The lowest BCUT2D eigenvalue weighted by Gasteiger charge is -2.11. The minimum absolute atomic E-state index is 0.413. The van der Waals surface area contributed by atoms with Gasteiger partial charge in [0.1, 0.15) is 11.6 Å². The third-order valence-corrected chi connectivity index (χ3v) is 2.58. The second-order valence-electron chi connectivity index (χ2n) is 3.85. The number of hydrogen-bond donors (Lipinski definition) is 2. The van der Waals surface area contributed by atoms with Crippen LogP contribution in [0.2, 0.25) is 0 Å². The van der Waals surface area contributed by atoms with Gasteiger partial charge in [-0.25, -0.2) is 8.78 Å². The molecule has 1 atom stereocenters. The Morgan fingerprint density at radius 2 is 2.00 bits per heavy atom. The topological polar surface area (TPSA) is 24.1 Å². The van der Waals surface area contributed by atoms with Gasteiger partial charge in [-0.1, -0.05) is 0 Å². The third-order valence-electron chi connectivity index (χ3n) is 2.58. The summed E-state index contributed by atoms with van der Waals surface area (Å²) in [5, 5.41) is 6.48. The molecule has 1 heterocycles. The molecular weight excluding hydrogens is 198 g/mol. The Bertz CT molecular complexity index is 315. The normalized spacial score (nSPS) is 20.8. The summed E-state index contributed by atoms with van der Waals surface area (Å²) in [6.07, 6.45) is 1.07. The van der Waals surface area contributed by atoms with Gasteiger partial charge in [0.15, 0.2) is 0 Å². The van der Waals surface area contributed by atoms with E-state index in [2.05, 4.69) is 10.6 Å². The van der Waals surface area contributed by atoms with E-state index in [9.17, 15) is 8.78 Å². The largest absolute Gasteiger partial charge is 0.315 e. The quantitative estimate of drug-likeness (QED) is 0.791. The number of halogens is 2. The number of benzene rings is 1. The highest BCUT2D eigenvalue weighted by Crippen LogP contribution is 2.08. The summed E-state index contributed by atoms with van der Waals surface area (Å²) in [5.41, 5.74) is 0.652. The lowest BCUT2D eigenvalue weighted by Crippen LogP contribution is -2.30. The van der Waals surface area contributed by atoms with Gasteiger partial charge in [0, 0.05) is 25.2 Å². The zero-order chi connectivity index (χ0) is 10.7. The van der Waals surface area contributed by atoms with Crippen LogP contribution in [-0.4, -0.2) is 19.1 Å². The maximum atomic E-state index is 12.8. The van der Waals surface area contributed by atoms with Crippen LogP contribution < -0.4 is 10.6 Å². The minimum atomic E-state index is -0.517. The van der Waals surface area contributed by atoms with Crippen LogP contribution >= 0.6 is 0 Å². The summed E-state index contributed by atoms with van der Waals surface area (Å²) >= 11 is 0. The van der Waals surface area contributed by atoms with E-state index in [1.54, 1.807) is 0 Å². The maximum Gasteiger partial charge on any atom is 0.126 e. The molecule has 0 amide bonds. The van der Waals surface area contributed by atoms with Crippen molar-refractivity contribution in [2.75, 3.05) is 13.1 Å². The van der Waals surface area contributed by atoms with Crippen molar-refractivity contribution in [3.8, 4) is 0 Å². The van der Waals surface area contributed by atoms with E-state index in [4.69, 9.17) is 0 Å². The number of hydrogen-bond acceptors (Lipinski definition) is 2. The van der Waals surface area contributed by atoms with Crippen molar-refractivity contribution in [3.63, 3.8) is 0 Å². The van der Waals surface area contributed by atoms with Crippen molar-refractivity contribution in [3.05, 3.63) is 35.4 Å². The molecule has 2 rings (SSSR count). The molecule has 0 spiro atoms. The zero-order valence-electron chi connectivity index (χ0n) is 8.39. The Morgan fingerprint density at radius 3 is 2.60 bits per heavy atom. The smallest absolute Gasteiger partial charge is 0.126 e. The van der Waals surface area contributed by atoms with Crippen LogP contribution in [0.25, 0.3) is 0 Å². The highest BCUT2D eigenvalue weighted by atomic mass is 19.1. The van der Waals surface area contributed by atoms with E-state index in [1.807, 2.05) is 0 Å². The molecule has 1 aliphatic heterocycles. The summed E-state index contributed by atoms with van der Waals surface area (Å²) in [4.78, 5) is 0. The molecule has 1 unspecified atom stereocenters. The summed E-state index contributed by atoms with van der Waals surface area (Å²) in [6.45, 7) is 2.45. The number of rotatable bonds is 3. The lowest BCUT2D eigenvalue weighted by atomic mass is 10.2. The standard InChI is InChI=1S/C11H14F2N2/c12-9-3-8(4-10(13)5-9)6-15-11-1-2-14-7-11/h3-5,11,14-15H,1-2,6-7H2. The summed E-state index contributed by atoms with van der Waals surface area (Å²) < 4.78 is 25.7. The van der Waals surface area contributed by atoms with E-state index in [0.29, 0.717) is 18.2 Å². The fourth-order valence-corrected chi connectivity index (χ4v) is 1.80. The Labute approximate surface area is 87.7 Å². The molecular formula is C11H14F2N2. The lowest BCUT2D eigenvalue weighted by molar-refractivity contribution is 0.537.